The average Bonchev–Trinajstić information content (AvgIpc) is 2.44. The van der Waals surface area contributed by atoms with E-state index in [9.17, 15) is 14.4 Å². The van der Waals surface area contributed by atoms with Gasteiger partial charge in [-0.2, -0.15) is 0 Å². The van der Waals surface area contributed by atoms with Crippen LogP contribution in [-0.4, -0.2) is 40.1 Å². The summed E-state index contributed by atoms with van der Waals surface area (Å²) in [6.45, 7) is 0. The molecule has 0 aliphatic heterocycles. The zero-order chi connectivity index (χ0) is 15.8. The van der Waals surface area contributed by atoms with Gasteiger partial charge in [0, 0.05) is 6.42 Å². The van der Waals surface area contributed by atoms with Gasteiger partial charge >= 0.3 is 11.9 Å². The van der Waals surface area contributed by atoms with Crippen LogP contribution in [0.15, 0.2) is 30.3 Å². The average molecular weight is 281 g/mol. The minimum atomic E-state index is -1.31. The lowest BCUT2D eigenvalue weighted by Crippen LogP contribution is -2.49. The van der Waals surface area contributed by atoms with Gasteiger partial charge in [-0.25, -0.2) is 4.79 Å². The van der Waals surface area contributed by atoms with E-state index in [1.807, 2.05) is 0 Å². The highest BCUT2D eigenvalue weighted by Gasteiger charge is 2.24. The zero-order valence-electron chi connectivity index (χ0n) is 11.6. The number of carbonyl (C=O) groups is 3. The van der Waals surface area contributed by atoms with Gasteiger partial charge in [-0.3, -0.25) is 9.59 Å². The van der Waals surface area contributed by atoms with E-state index in [0.717, 1.165) is 5.56 Å². The predicted molar refractivity (Wildman–Crippen MR) is 69.9 cm³/mol. The van der Waals surface area contributed by atoms with Gasteiger partial charge in [-0.05, 0) is 5.56 Å². The van der Waals surface area contributed by atoms with Crippen molar-refractivity contribution in [2.75, 3.05) is 0 Å². The normalized spacial score (nSPS) is 13.9. The summed E-state index contributed by atoms with van der Waals surface area (Å²) in [7, 11) is 0. The lowest BCUT2D eigenvalue weighted by atomic mass is 10.1. The molecule has 0 radical (unpaired) electrons. The van der Waals surface area contributed by atoms with Crippen LogP contribution in [0.25, 0.3) is 0 Å². The van der Waals surface area contributed by atoms with Crippen LogP contribution in [0, 0.1) is 0 Å². The van der Waals surface area contributed by atoms with E-state index in [4.69, 9.17) is 11.6 Å². The summed E-state index contributed by atoms with van der Waals surface area (Å²) >= 11 is 0. The summed E-state index contributed by atoms with van der Waals surface area (Å²) in [6, 6.07) is 6.22. The number of carboxylic acids is 2. The molecular formula is C13H16N2O5. The highest BCUT2D eigenvalue weighted by atomic mass is 16.4. The maximum atomic E-state index is 11.8. The van der Waals surface area contributed by atoms with Crippen molar-refractivity contribution >= 4 is 17.8 Å². The Hall–Kier alpha value is -2.41. The molecule has 20 heavy (non-hydrogen) atoms. The molecule has 0 heterocycles. The number of hydrogen-bond donors (Lipinski definition) is 4. The fourth-order valence-corrected chi connectivity index (χ4v) is 1.59. The van der Waals surface area contributed by atoms with Gasteiger partial charge in [0.05, 0.1) is 12.5 Å². The molecule has 0 fully saturated rings. The minimum Gasteiger partial charge on any atom is -0.481 e. The fraction of sp³-hybridized carbons (Fsp3) is 0.308. The second kappa shape index (κ2) is 7.25. The number of rotatable bonds is 8. The number of benzene rings is 1. The molecule has 2 atom stereocenters. The SMILES string of the molecule is [2H]N[C@@H](CC(=O)O)C(=O)N[C@@H](Cc1ccccc1)C(=O)O. The molecular weight excluding hydrogens is 264 g/mol. The van der Waals surface area contributed by atoms with Gasteiger partial charge in [-0.15, -0.1) is 0 Å². The van der Waals surface area contributed by atoms with Gasteiger partial charge in [0.1, 0.15) is 7.45 Å². The fourth-order valence-electron chi connectivity index (χ4n) is 1.59. The summed E-state index contributed by atoms with van der Waals surface area (Å²) in [5.41, 5.74) is 2.53. The lowest BCUT2D eigenvalue weighted by Gasteiger charge is -2.17. The Morgan fingerprint density at radius 2 is 1.90 bits per heavy atom. The van der Waals surface area contributed by atoms with Gasteiger partial charge < -0.3 is 21.3 Å². The van der Waals surface area contributed by atoms with Crippen molar-refractivity contribution in [2.24, 2.45) is 5.73 Å². The second-order valence-electron chi connectivity index (χ2n) is 4.24. The first-order valence-electron chi connectivity index (χ1n) is 6.40. The van der Waals surface area contributed by atoms with Gasteiger partial charge in [0.25, 0.3) is 0 Å². The van der Waals surface area contributed by atoms with Crippen LogP contribution in [-0.2, 0) is 20.8 Å². The molecule has 1 aromatic rings. The van der Waals surface area contributed by atoms with E-state index in [0.29, 0.717) is 0 Å². The number of nitrogens with two attached hydrogens (primary N) is 1. The third-order valence-corrected chi connectivity index (χ3v) is 2.59. The van der Waals surface area contributed by atoms with Crippen LogP contribution in [0.5, 0.6) is 0 Å². The molecule has 7 heteroatoms. The number of hydrogen-bond acceptors (Lipinski definition) is 4. The van der Waals surface area contributed by atoms with Gasteiger partial charge in [0.15, 0.2) is 0 Å². The first-order valence-corrected chi connectivity index (χ1v) is 5.90. The third-order valence-electron chi connectivity index (χ3n) is 2.59. The molecule has 108 valence electrons. The van der Waals surface area contributed by atoms with Crippen LogP contribution >= 0.6 is 0 Å². The molecule has 1 aromatic carbocycles. The van der Waals surface area contributed by atoms with Crippen molar-refractivity contribution in [3.63, 3.8) is 0 Å². The number of nitrogens with one attached hydrogen (secondary N) is 1. The van der Waals surface area contributed by atoms with Crippen LogP contribution < -0.4 is 11.0 Å². The summed E-state index contributed by atoms with van der Waals surface area (Å²) in [5.74, 6) is -3.33. The van der Waals surface area contributed by atoms with Crippen LogP contribution in [0.1, 0.15) is 12.0 Å². The summed E-state index contributed by atoms with van der Waals surface area (Å²) in [4.78, 5) is 33.5. The Morgan fingerprint density at radius 1 is 1.25 bits per heavy atom. The second-order valence-corrected chi connectivity index (χ2v) is 4.24. The summed E-state index contributed by atoms with van der Waals surface area (Å²) in [6.07, 6.45) is -0.535. The van der Waals surface area contributed by atoms with Crippen molar-refractivity contribution < 1.29 is 26.0 Å². The molecule has 5 N–H and O–H groups in total. The van der Waals surface area contributed by atoms with Crippen LogP contribution in [0.2, 0.25) is 1.41 Å². The number of amides is 1. The molecule has 1 amide bonds. The quantitative estimate of drug-likeness (QED) is 0.513. The number of aliphatic carboxylic acids is 2. The van der Waals surface area contributed by atoms with E-state index in [1.165, 1.54) is 0 Å². The number of carbonyl (C=O) groups excluding carboxylic acids is 1. The van der Waals surface area contributed by atoms with Crippen molar-refractivity contribution in [1.82, 2.24) is 5.32 Å². The molecule has 1 rings (SSSR count). The first-order chi connectivity index (χ1) is 9.93. The van der Waals surface area contributed by atoms with E-state index in [1.54, 1.807) is 36.1 Å². The van der Waals surface area contributed by atoms with E-state index in [2.05, 4.69) is 5.32 Å². The molecule has 0 bridgehead atoms. The molecule has 0 spiro atoms. The third kappa shape index (κ3) is 5.07. The Kier molecular flexibility index (Phi) is 5.08. The monoisotopic (exact) mass is 281 g/mol. The minimum absolute atomic E-state index is 0.0692. The Morgan fingerprint density at radius 3 is 2.40 bits per heavy atom. The molecule has 7 nitrogen and oxygen atoms in total. The molecule has 0 aliphatic rings. The predicted octanol–water partition coefficient (Wildman–Crippen LogP) is -0.399. The Balaban J connectivity index is 2.71. The maximum absolute atomic E-state index is 11.8. The van der Waals surface area contributed by atoms with Crippen molar-refractivity contribution in [1.29, 1.82) is 0 Å². The zero-order valence-corrected chi connectivity index (χ0v) is 10.6. The molecule has 0 aliphatic carbocycles. The van der Waals surface area contributed by atoms with Crippen molar-refractivity contribution in [3.05, 3.63) is 35.9 Å². The lowest BCUT2D eigenvalue weighted by molar-refractivity contribution is -0.142. The smallest absolute Gasteiger partial charge is 0.326 e. The van der Waals surface area contributed by atoms with E-state index >= 15 is 0 Å². The number of carboxylic acid groups (broad SMARTS) is 2. The van der Waals surface area contributed by atoms with Gasteiger partial charge in [-0.1, -0.05) is 30.3 Å². The van der Waals surface area contributed by atoms with Crippen LogP contribution in [0.3, 0.4) is 0 Å². The molecule has 0 saturated heterocycles. The highest BCUT2D eigenvalue weighted by Crippen LogP contribution is 2.04. The maximum Gasteiger partial charge on any atom is 0.326 e. The van der Waals surface area contributed by atoms with E-state index in [-0.39, 0.29) is 6.42 Å². The van der Waals surface area contributed by atoms with Gasteiger partial charge in [0.2, 0.25) is 5.91 Å². The largest absolute Gasteiger partial charge is 0.481 e. The summed E-state index contributed by atoms with van der Waals surface area (Å²) < 4.78 is 6.93. The highest BCUT2D eigenvalue weighted by molar-refractivity contribution is 5.89. The Labute approximate surface area is 116 Å². The van der Waals surface area contributed by atoms with E-state index < -0.39 is 36.4 Å². The summed E-state index contributed by atoms with van der Waals surface area (Å²) in [5, 5.41) is 20.0. The standard InChI is InChI=1S/C13H16N2O5/c14-9(7-11(16)17)12(18)15-10(13(19)20)6-8-4-2-1-3-5-8/h1-5,9-10H,6-7,14H2,(H,15,18)(H,16,17)(H,19,20)/t9-,10-/m0/s1/i/hD. The molecule has 0 aromatic heterocycles. The topological polar surface area (TPSA) is 130 Å². The van der Waals surface area contributed by atoms with Crippen molar-refractivity contribution in [2.45, 2.75) is 24.9 Å². The molecule has 0 saturated carbocycles. The van der Waals surface area contributed by atoms with Crippen molar-refractivity contribution in [3.8, 4) is 0 Å². The molecule has 0 unspecified atom stereocenters. The van der Waals surface area contributed by atoms with Crippen LogP contribution in [0.4, 0.5) is 0 Å². The first kappa shape index (κ1) is 14.0. The Bertz CT molecular complexity index is 509.